The van der Waals surface area contributed by atoms with Crippen molar-refractivity contribution in [1.82, 2.24) is 25.4 Å². The highest BCUT2D eigenvalue weighted by molar-refractivity contribution is 7.99. The standard InChI is InChI=1S/C23H22FN5O3S/c1-3-32-21(30)19-14(2)25-22(31)26-18(19)13-33-23-28-27-20(15-9-11-16(24)12-10-15)29(23)17-7-5-4-6-8-17/h4-12,14H,3,13H2,1-2H3,(H2,25,26,31)/t14-/m1/s1. The van der Waals surface area contributed by atoms with Crippen LogP contribution in [0.3, 0.4) is 0 Å². The SMILES string of the molecule is CCOC(=O)C1=C(CSc2nnc(-c3ccc(F)cc3)n2-c2ccccc2)NC(=O)N[C@@H]1C. The molecule has 1 atom stereocenters. The second kappa shape index (κ2) is 9.86. The van der Waals surface area contributed by atoms with Gasteiger partial charge in [0.1, 0.15) is 5.82 Å². The van der Waals surface area contributed by atoms with E-state index < -0.39 is 12.0 Å². The lowest BCUT2D eigenvalue weighted by Gasteiger charge is -2.26. The summed E-state index contributed by atoms with van der Waals surface area (Å²) in [5.41, 5.74) is 2.36. The molecule has 4 rings (SSSR count). The zero-order chi connectivity index (χ0) is 23.4. The number of urea groups is 1. The van der Waals surface area contributed by atoms with Crippen molar-refractivity contribution in [2.45, 2.75) is 25.0 Å². The van der Waals surface area contributed by atoms with Crippen LogP contribution in [0, 0.1) is 5.82 Å². The third-order valence-corrected chi connectivity index (χ3v) is 5.92. The van der Waals surface area contributed by atoms with Crippen LogP contribution in [-0.4, -0.2) is 45.2 Å². The van der Waals surface area contributed by atoms with E-state index in [0.29, 0.717) is 27.8 Å². The first kappa shape index (κ1) is 22.5. The average molecular weight is 468 g/mol. The van der Waals surface area contributed by atoms with Crippen molar-refractivity contribution in [2.75, 3.05) is 12.4 Å². The molecule has 1 aliphatic heterocycles. The smallest absolute Gasteiger partial charge is 0.337 e. The van der Waals surface area contributed by atoms with Gasteiger partial charge in [-0.25, -0.2) is 14.0 Å². The number of para-hydroxylation sites is 1. The summed E-state index contributed by atoms with van der Waals surface area (Å²) in [6.07, 6.45) is 0. The molecule has 10 heteroatoms. The Balaban J connectivity index is 1.71. The van der Waals surface area contributed by atoms with Crippen molar-refractivity contribution in [3.05, 3.63) is 71.7 Å². The fraction of sp³-hybridized carbons (Fsp3) is 0.217. The van der Waals surface area contributed by atoms with Crippen molar-refractivity contribution in [2.24, 2.45) is 0 Å². The first-order valence-corrected chi connectivity index (χ1v) is 11.3. The summed E-state index contributed by atoms with van der Waals surface area (Å²) in [7, 11) is 0. The molecule has 2 aromatic carbocycles. The zero-order valence-electron chi connectivity index (χ0n) is 18.0. The highest BCUT2D eigenvalue weighted by Crippen LogP contribution is 2.30. The van der Waals surface area contributed by atoms with Crippen LogP contribution in [0.25, 0.3) is 17.1 Å². The molecule has 0 fully saturated rings. The largest absolute Gasteiger partial charge is 0.463 e. The molecule has 1 aliphatic rings. The Morgan fingerprint density at radius 3 is 2.58 bits per heavy atom. The van der Waals surface area contributed by atoms with Crippen molar-refractivity contribution in [3.63, 3.8) is 0 Å². The van der Waals surface area contributed by atoms with E-state index in [4.69, 9.17) is 4.74 Å². The van der Waals surface area contributed by atoms with Gasteiger partial charge >= 0.3 is 12.0 Å². The van der Waals surface area contributed by atoms with E-state index >= 15 is 0 Å². The lowest BCUT2D eigenvalue weighted by Crippen LogP contribution is -2.49. The third-order valence-electron chi connectivity index (χ3n) is 4.96. The van der Waals surface area contributed by atoms with Gasteiger partial charge in [-0.1, -0.05) is 30.0 Å². The molecule has 0 bridgehead atoms. The van der Waals surface area contributed by atoms with Crippen LogP contribution in [-0.2, 0) is 9.53 Å². The van der Waals surface area contributed by atoms with E-state index in [1.165, 1.54) is 23.9 Å². The van der Waals surface area contributed by atoms with Crippen LogP contribution in [0.4, 0.5) is 9.18 Å². The van der Waals surface area contributed by atoms with Gasteiger partial charge in [0, 0.05) is 22.7 Å². The van der Waals surface area contributed by atoms with Crippen molar-refractivity contribution in [1.29, 1.82) is 0 Å². The number of halogens is 1. The minimum atomic E-state index is -0.491. The van der Waals surface area contributed by atoms with Gasteiger partial charge in [-0.15, -0.1) is 10.2 Å². The van der Waals surface area contributed by atoms with Crippen molar-refractivity contribution in [3.8, 4) is 17.1 Å². The molecule has 0 unspecified atom stereocenters. The third kappa shape index (κ3) is 4.90. The zero-order valence-corrected chi connectivity index (χ0v) is 18.9. The predicted molar refractivity (Wildman–Crippen MR) is 122 cm³/mol. The van der Waals surface area contributed by atoms with Crippen LogP contribution >= 0.6 is 11.8 Å². The molecule has 0 saturated heterocycles. The highest BCUT2D eigenvalue weighted by atomic mass is 32.2. The molecule has 1 aromatic heterocycles. The molecule has 2 amide bonds. The van der Waals surface area contributed by atoms with E-state index in [-0.39, 0.29) is 24.2 Å². The number of rotatable bonds is 7. The first-order chi connectivity index (χ1) is 16.0. The van der Waals surface area contributed by atoms with Gasteiger partial charge in [0.05, 0.1) is 18.2 Å². The van der Waals surface area contributed by atoms with Gasteiger partial charge in [-0.05, 0) is 50.2 Å². The fourth-order valence-corrected chi connectivity index (χ4v) is 4.41. The van der Waals surface area contributed by atoms with Crippen LogP contribution in [0.15, 0.2) is 71.0 Å². The van der Waals surface area contributed by atoms with Crippen LogP contribution in [0.2, 0.25) is 0 Å². The molecule has 2 heterocycles. The molecule has 0 spiro atoms. The van der Waals surface area contributed by atoms with Gasteiger partial charge < -0.3 is 15.4 Å². The second-order valence-electron chi connectivity index (χ2n) is 7.21. The number of carbonyl (C=O) groups is 2. The Kier molecular flexibility index (Phi) is 6.74. The molecule has 8 nitrogen and oxygen atoms in total. The van der Waals surface area contributed by atoms with Crippen LogP contribution in [0.1, 0.15) is 13.8 Å². The monoisotopic (exact) mass is 467 g/mol. The molecule has 3 aromatic rings. The molecular formula is C23H22FN5O3S. The molecular weight excluding hydrogens is 445 g/mol. The average Bonchev–Trinajstić information content (AvgIpc) is 3.22. The maximum atomic E-state index is 13.4. The number of benzene rings is 2. The van der Waals surface area contributed by atoms with Gasteiger partial charge in [0.2, 0.25) is 0 Å². The fourth-order valence-electron chi connectivity index (χ4n) is 3.49. The minimum absolute atomic E-state index is 0.229. The lowest BCUT2D eigenvalue weighted by atomic mass is 10.1. The number of hydrogen-bond donors (Lipinski definition) is 2. The van der Waals surface area contributed by atoms with E-state index in [9.17, 15) is 14.0 Å². The summed E-state index contributed by atoms with van der Waals surface area (Å²) in [4.78, 5) is 24.5. The number of ether oxygens (including phenoxy) is 1. The number of hydrogen-bond acceptors (Lipinski definition) is 6. The molecule has 2 N–H and O–H groups in total. The molecule has 33 heavy (non-hydrogen) atoms. The summed E-state index contributed by atoms with van der Waals surface area (Å²) in [5.74, 6) is -0.00993. The number of amides is 2. The summed E-state index contributed by atoms with van der Waals surface area (Å²) in [5, 5.41) is 14.6. The van der Waals surface area contributed by atoms with E-state index in [1.54, 1.807) is 26.0 Å². The van der Waals surface area contributed by atoms with Crippen LogP contribution in [0.5, 0.6) is 0 Å². The van der Waals surface area contributed by atoms with Crippen molar-refractivity contribution >= 4 is 23.8 Å². The highest BCUT2D eigenvalue weighted by Gasteiger charge is 2.30. The Labute approximate surface area is 194 Å². The Morgan fingerprint density at radius 1 is 1.15 bits per heavy atom. The number of carbonyl (C=O) groups excluding carboxylic acids is 2. The molecule has 170 valence electrons. The maximum absolute atomic E-state index is 13.4. The topological polar surface area (TPSA) is 98.1 Å². The lowest BCUT2D eigenvalue weighted by molar-refractivity contribution is -0.138. The minimum Gasteiger partial charge on any atom is -0.463 e. The Bertz CT molecular complexity index is 1190. The van der Waals surface area contributed by atoms with E-state index in [2.05, 4.69) is 20.8 Å². The quantitative estimate of drug-likeness (QED) is 0.406. The summed E-state index contributed by atoms with van der Waals surface area (Å²) < 4.78 is 20.5. The van der Waals surface area contributed by atoms with Gasteiger partial charge in [0.25, 0.3) is 0 Å². The normalized spacial score (nSPS) is 15.7. The first-order valence-electron chi connectivity index (χ1n) is 10.3. The number of thioether (sulfide) groups is 1. The van der Waals surface area contributed by atoms with Gasteiger partial charge in [-0.3, -0.25) is 4.57 Å². The summed E-state index contributed by atoms with van der Waals surface area (Å²) in [6, 6.07) is 14.7. The van der Waals surface area contributed by atoms with Crippen molar-refractivity contribution < 1.29 is 18.7 Å². The van der Waals surface area contributed by atoms with Gasteiger partial charge in [0.15, 0.2) is 11.0 Å². The van der Waals surface area contributed by atoms with Crippen LogP contribution < -0.4 is 10.6 Å². The molecule has 0 radical (unpaired) electrons. The number of esters is 1. The van der Waals surface area contributed by atoms with Gasteiger partial charge in [-0.2, -0.15) is 0 Å². The summed E-state index contributed by atoms with van der Waals surface area (Å²) >= 11 is 1.32. The number of nitrogens with one attached hydrogen (secondary N) is 2. The summed E-state index contributed by atoms with van der Waals surface area (Å²) in [6.45, 7) is 3.69. The predicted octanol–water partition coefficient (Wildman–Crippen LogP) is 3.68. The maximum Gasteiger partial charge on any atom is 0.337 e. The number of nitrogens with zero attached hydrogens (tertiary/aromatic N) is 3. The second-order valence-corrected chi connectivity index (χ2v) is 8.15. The van der Waals surface area contributed by atoms with E-state index in [0.717, 1.165) is 5.69 Å². The molecule has 0 saturated carbocycles. The van der Waals surface area contributed by atoms with E-state index in [1.807, 2.05) is 34.9 Å². The Morgan fingerprint density at radius 2 is 1.88 bits per heavy atom. The molecule has 0 aliphatic carbocycles. The Hall–Kier alpha value is -3.66. The number of aromatic nitrogens is 3.